The summed E-state index contributed by atoms with van der Waals surface area (Å²) < 4.78 is 31.7. The van der Waals surface area contributed by atoms with Crippen LogP contribution in [-0.4, -0.2) is 77.7 Å². The minimum atomic E-state index is -2.39. The van der Waals surface area contributed by atoms with E-state index in [4.69, 9.17) is 21.8 Å². The highest BCUT2D eigenvalue weighted by Gasteiger charge is 2.43. The van der Waals surface area contributed by atoms with Gasteiger partial charge in [-0.2, -0.15) is 0 Å². The molecule has 2 heterocycles. The van der Waals surface area contributed by atoms with E-state index in [0.717, 1.165) is 56.4 Å². The Bertz CT molecular complexity index is 2350. The lowest BCUT2D eigenvalue weighted by Gasteiger charge is -2.41. The number of amides is 4. The predicted molar refractivity (Wildman–Crippen MR) is 269 cm³/mol. The highest BCUT2D eigenvalue weighted by atomic mass is 28.5. The van der Waals surface area contributed by atoms with E-state index < -0.39 is 51.5 Å². The van der Waals surface area contributed by atoms with Crippen molar-refractivity contribution in [3.05, 3.63) is 113 Å². The standard InChI is InChI=1S/C50H68N2O9Si4/c1-37-19-23-40(24-20-37)51-47(53)43-29-21-38(35-45(43)49(51)55)39-22-30-44-46(36-39)50(56)52(48(44)54)41-25-27-42(28-26-41)58-32-16-12-14-18-34-63(5,6)60-65(9,10)61-64(7,8)59-62(3,4)33-17-13-11-15-31-57-2/h19-30,35-36H,11-18,31-34H2,1-10H3. The number of imide groups is 2. The summed E-state index contributed by atoms with van der Waals surface area (Å²) in [5.74, 6) is -0.936. The lowest BCUT2D eigenvalue weighted by atomic mass is 9.97. The third-order valence-corrected chi connectivity index (χ3v) is 27.2. The lowest BCUT2D eigenvalue weighted by molar-refractivity contribution is 0.0910. The number of anilines is 2. The maximum atomic E-state index is 13.7. The number of methoxy groups -OCH3 is 1. The van der Waals surface area contributed by atoms with Gasteiger partial charge in [-0.1, -0.05) is 68.4 Å². The monoisotopic (exact) mass is 952 g/mol. The Morgan fingerprint density at radius 3 is 1.29 bits per heavy atom. The molecule has 65 heavy (non-hydrogen) atoms. The summed E-state index contributed by atoms with van der Waals surface area (Å²) >= 11 is 0. The normalized spacial score (nSPS) is 14.4. The van der Waals surface area contributed by atoms with Crippen LogP contribution in [0.2, 0.25) is 64.5 Å². The van der Waals surface area contributed by atoms with Crippen molar-refractivity contribution in [3.8, 4) is 16.9 Å². The molecule has 0 fully saturated rings. The quantitative estimate of drug-likeness (QED) is 0.0384. The van der Waals surface area contributed by atoms with Crippen LogP contribution < -0.4 is 14.5 Å². The third kappa shape index (κ3) is 13.0. The van der Waals surface area contributed by atoms with Gasteiger partial charge in [0, 0.05) is 13.7 Å². The zero-order valence-corrected chi connectivity index (χ0v) is 44.1. The van der Waals surface area contributed by atoms with Gasteiger partial charge < -0.3 is 21.8 Å². The van der Waals surface area contributed by atoms with Crippen LogP contribution in [0.3, 0.4) is 0 Å². The molecule has 4 aromatic carbocycles. The Morgan fingerprint density at radius 2 is 0.846 bits per heavy atom. The molecule has 0 aliphatic carbocycles. The third-order valence-electron chi connectivity index (χ3n) is 11.8. The molecule has 0 radical (unpaired) electrons. The van der Waals surface area contributed by atoms with Gasteiger partial charge in [0.2, 0.25) is 0 Å². The Balaban J connectivity index is 0.930. The van der Waals surface area contributed by atoms with Gasteiger partial charge >= 0.3 is 17.1 Å². The number of aryl methyl sites for hydroxylation is 1. The fourth-order valence-electron chi connectivity index (χ4n) is 9.11. The SMILES string of the molecule is COCCCCCC[Si](C)(C)O[Si](C)(C)O[Si](C)(C)O[Si](C)(C)CCCCCCOc1ccc(N2C(=O)c3ccc(-c4ccc5c(c4)C(=O)N(c4ccc(C)cc4)C5=O)cc3C2=O)cc1. The number of rotatable bonds is 24. The second kappa shape index (κ2) is 21.1. The molecule has 15 heteroatoms. The number of ether oxygens (including phenoxy) is 2. The second-order valence-corrected chi connectivity index (χ2v) is 35.6. The number of carbonyl (C=O) groups excluding carboxylic acids is 4. The van der Waals surface area contributed by atoms with Gasteiger partial charge in [-0.25, -0.2) is 9.80 Å². The minimum absolute atomic E-state index is 0.279. The molecule has 4 amide bonds. The first-order valence-electron chi connectivity index (χ1n) is 23.1. The molecule has 0 bridgehead atoms. The van der Waals surface area contributed by atoms with Crippen LogP contribution in [-0.2, 0) is 17.1 Å². The van der Waals surface area contributed by atoms with E-state index in [1.165, 1.54) is 29.1 Å². The van der Waals surface area contributed by atoms with E-state index in [1.807, 2.05) is 19.1 Å². The first-order valence-corrected chi connectivity index (χ1v) is 35.0. The minimum Gasteiger partial charge on any atom is -0.494 e. The number of carbonyl (C=O) groups is 4. The molecule has 2 aliphatic heterocycles. The van der Waals surface area contributed by atoms with Crippen LogP contribution in [0.1, 0.15) is 98.4 Å². The molecule has 2 aliphatic rings. The molecule has 0 aromatic heterocycles. The van der Waals surface area contributed by atoms with Crippen LogP contribution in [0.4, 0.5) is 11.4 Å². The van der Waals surface area contributed by atoms with Gasteiger partial charge in [-0.05, 0) is 156 Å². The van der Waals surface area contributed by atoms with Crippen molar-refractivity contribution in [3.63, 3.8) is 0 Å². The molecule has 348 valence electrons. The van der Waals surface area contributed by atoms with Crippen LogP contribution in [0.5, 0.6) is 5.75 Å². The summed E-state index contributed by atoms with van der Waals surface area (Å²) in [7, 11) is -6.77. The van der Waals surface area contributed by atoms with Gasteiger partial charge in [0.25, 0.3) is 23.6 Å². The largest absolute Gasteiger partial charge is 0.494 e. The molecule has 0 N–H and O–H groups in total. The summed E-state index contributed by atoms with van der Waals surface area (Å²) in [5, 5.41) is 0. The van der Waals surface area contributed by atoms with Crippen molar-refractivity contribution in [2.24, 2.45) is 0 Å². The van der Waals surface area contributed by atoms with Crippen LogP contribution in [0.15, 0.2) is 84.9 Å². The van der Waals surface area contributed by atoms with Crippen molar-refractivity contribution in [2.75, 3.05) is 30.1 Å². The van der Waals surface area contributed by atoms with E-state index in [9.17, 15) is 19.2 Å². The van der Waals surface area contributed by atoms with Crippen LogP contribution >= 0.6 is 0 Å². The molecule has 0 spiro atoms. The van der Waals surface area contributed by atoms with Gasteiger partial charge in [0.1, 0.15) is 5.75 Å². The number of unbranched alkanes of at least 4 members (excludes halogenated alkanes) is 6. The summed E-state index contributed by atoms with van der Waals surface area (Å²) in [4.78, 5) is 56.3. The summed E-state index contributed by atoms with van der Waals surface area (Å²) in [6, 6.07) is 26.6. The molecule has 4 aromatic rings. The zero-order valence-electron chi connectivity index (χ0n) is 40.1. The highest BCUT2D eigenvalue weighted by Crippen LogP contribution is 2.36. The number of nitrogens with zero attached hydrogens (tertiary/aromatic N) is 2. The Labute approximate surface area is 390 Å². The predicted octanol–water partition coefficient (Wildman–Crippen LogP) is 12.3. The molecule has 0 saturated carbocycles. The molecule has 0 atom stereocenters. The van der Waals surface area contributed by atoms with E-state index >= 15 is 0 Å². The molecule has 0 saturated heterocycles. The van der Waals surface area contributed by atoms with Crippen molar-refractivity contribution >= 4 is 68.8 Å². The summed E-state index contributed by atoms with van der Waals surface area (Å²) in [6.45, 7) is 21.3. The number of benzene rings is 4. The fourth-order valence-corrected chi connectivity index (χ4v) is 28.6. The molecule has 11 nitrogen and oxygen atoms in total. The van der Waals surface area contributed by atoms with Gasteiger partial charge in [-0.3, -0.25) is 19.2 Å². The van der Waals surface area contributed by atoms with E-state index in [2.05, 4.69) is 52.4 Å². The number of hydrogen-bond acceptors (Lipinski definition) is 9. The van der Waals surface area contributed by atoms with Crippen molar-refractivity contribution in [2.45, 2.75) is 123 Å². The average molecular weight is 953 g/mol. The number of hydrogen-bond donors (Lipinski definition) is 0. The smallest absolute Gasteiger partial charge is 0.312 e. The van der Waals surface area contributed by atoms with E-state index in [-0.39, 0.29) is 11.5 Å². The van der Waals surface area contributed by atoms with Crippen LogP contribution in [0.25, 0.3) is 11.1 Å². The maximum Gasteiger partial charge on any atom is 0.312 e. The van der Waals surface area contributed by atoms with E-state index in [1.54, 1.807) is 79.9 Å². The molecule has 0 unspecified atom stereocenters. The fraction of sp³-hybridized carbons (Fsp3) is 0.440. The molecule has 6 rings (SSSR count). The Hall–Kier alpha value is -4.33. The van der Waals surface area contributed by atoms with E-state index in [0.29, 0.717) is 51.5 Å². The zero-order chi connectivity index (χ0) is 47.2. The van der Waals surface area contributed by atoms with Crippen molar-refractivity contribution in [1.29, 1.82) is 0 Å². The Morgan fingerprint density at radius 1 is 0.446 bits per heavy atom. The lowest BCUT2D eigenvalue weighted by Crippen LogP contribution is -2.56. The number of fused-ring (bicyclic) bond motifs is 2. The molecular formula is C50H68N2O9Si4. The first-order chi connectivity index (χ1) is 30.7. The van der Waals surface area contributed by atoms with Crippen molar-refractivity contribution in [1.82, 2.24) is 0 Å². The summed E-state index contributed by atoms with van der Waals surface area (Å²) in [5.41, 5.74) is 4.51. The maximum absolute atomic E-state index is 13.7. The average Bonchev–Trinajstić information content (AvgIpc) is 3.63. The highest BCUT2D eigenvalue weighted by molar-refractivity contribution is 6.89. The second-order valence-electron chi connectivity index (χ2n) is 19.5. The Kier molecular flexibility index (Phi) is 16.3. The van der Waals surface area contributed by atoms with Crippen LogP contribution in [0, 0.1) is 6.92 Å². The van der Waals surface area contributed by atoms with Gasteiger partial charge in [0.05, 0.1) is 40.2 Å². The topological polar surface area (TPSA) is 121 Å². The summed E-state index contributed by atoms with van der Waals surface area (Å²) in [6.07, 6.45) is 8.89. The van der Waals surface area contributed by atoms with Gasteiger partial charge in [0.15, 0.2) is 16.6 Å². The van der Waals surface area contributed by atoms with Gasteiger partial charge in [-0.15, -0.1) is 0 Å². The first kappa shape index (κ1) is 50.1. The van der Waals surface area contributed by atoms with Crippen molar-refractivity contribution < 1.29 is 41.0 Å². The molecular weight excluding hydrogens is 885 g/mol.